The van der Waals surface area contributed by atoms with Gasteiger partial charge in [0.15, 0.2) is 16.8 Å². The number of hydrogen-bond donors (Lipinski definition) is 1. The monoisotopic (exact) mass is 581 g/mol. The van der Waals surface area contributed by atoms with Crippen LogP contribution < -0.4 is 14.9 Å². The van der Waals surface area contributed by atoms with Crippen molar-refractivity contribution in [2.45, 2.75) is 25.7 Å². The topological polar surface area (TPSA) is 98.4 Å². The van der Waals surface area contributed by atoms with Crippen LogP contribution in [-0.4, -0.2) is 35.3 Å². The van der Waals surface area contributed by atoms with Gasteiger partial charge in [-0.3, -0.25) is 4.79 Å². The summed E-state index contributed by atoms with van der Waals surface area (Å²) in [6.07, 6.45) is -0.449. The molecule has 218 valence electrons. The fourth-order valence-electron chi connectivity index (χ4n) is 4.95. The van der Waals surface area contributed by atoms with E-state index >= 15 is 0 Å². The van der Waals surface area contributed by atoms with Crippen molar-refractivity contribution in [1.82, 2.24) is 4.90 Å². The quantitative estimate of drug-likeness (QED) is 0.218. The lowest BCUT2D eigenvalue weighted by Gasteiger charge is -2.20. The molecule has 8 nitrogen and oxygen atoms in total. The number of amides is 1. The predicted octanol–water partition coefficient (Wildman–Crippen LogP) is 6.67. The fourth-order valence-corrected chi connectivity index (χ4v) is 4.95. The van der Waals surface area contributed by atoms with Crippen LogP contribution in [0.15, 0.2) is 106 Å². The zero-order valence-electron chi connectivity index (χ0n) is 23.1. The van der Waals surface area contributed by atoms with Crippen molar-refractivity contribution in [1.29, 1.82) is 0 Å². The van der Waals surface area contributed by atoms with Gasteiger partial charge in [0, 0.05) is 30.7 Å². The fraction of sp³-hybridized carbons (Fsp3) is 0.176. The Morgan fingerprint density at radius 3 is 2.30 bits per heavy atom. The summed E-state index contributed by atoms with van der Waals surface area (Å²) >= 11 is 0. The summed E-state index contributed by atoms with van der Waals surface area (Å²) in [5.74, 6) is -0.312. The number of halogens is 1. The first-order valence-electron chi connectivity index (χ1n) is 13.8. The number of nitrogens with zero attached hydrogens (tertiary/aromatic N) is 1. The average Bonchev–Trinajstić information content (AvgIpc) is 3.50. The third-order valence-electron chi connectivity index (χ3n) is 7.16. The number of carbonyl (C=O) groups excluding carboxylic acids is 1. The first kappa shape index (κ1) is 27.8. The molecule has 1 aliphatic heterocycles. The molecule has 4 aromatic carbocycles. The summed E-state index contributed by atoms with van der Waals surface area (Å²) in [7, 11) is 0. The number of aromatic hydroxyl groups is 1. The molecule has 1 N–H and O–H groups in total. The van der Waals surface area contributed by atoms with Gasteiger partial charge in [-0.1, -0.05) is 60.7 Å². The lowest BCUT2D eigenvalue weighted by molar-refractivity contribution is 0.0988. The molecule has 1 fully saturated rings. The summed E-state index contributed by atoms with van der Waals surface area (Å²) < 4.78 is 37.7. The molecule has 1 aromatic heterocycles. The van der Waals surface area contributed by atoms with Crippen LogP contribution in [0.25, 0.3) is 22.3 Å². The van der Waals surface area contributed by atoms with Gasteiger partial charge in [-0.05, 0) is 35.4 Å². The van der Waals surface area contributed by atoms with E-state index in [-0.39, 0.29) is 53.7 Å². The van der Waals surface area contributed by atoms with Crippen LogP contribution in [0.3, 0.4) is 0 Å². The van der Waals surface area contributed by atoms with Crippen LogP contribution in [0.4, 0.5) is 9.18 Å². The summed E-state index contributed by atoms with van der Waals surface area (Å²) in [6, 6.07) is 26.9. The number of phenols is 1. The minimum Gasteiger partial charge on any atom is -0.507 e. The van der Waals surface area contributed by atoms with E-state index in [0.29, 0.717) is 18.5 Å². The zero-order chi connectivity index (χ0) is 29.8. The number of phenolic OH excluding ortho intramolecular Hbond substituents is 1. The summed E-state index contributed by atoms with van der Waals surface area (Å²) in [5, 5.41) is 10.8. The van der Waals surface area contributed by atoms with Crippen LogP contribution in [0.2, 0.25) is 0 Å². The van der Waals surface area contributed by atoms with E-state index in [1.807, 2.05) is 60.7 Å². The molecular weight excluding hydrogens is 553 g/mol. The standard InChI is InChI=1S/C34H28FNO7/c35-25-13-11-24(12-14-25)29-17-27(37)31-28(38)18-30(40-20-22-7-3-1-4-8-22)32(33(31)43-29)42-26-15-16-36(19-26)34(39)41-21-23-9-5-2-6-10-23/h1-14,17-18,26,38H,15-16,19-21H2. The van der Waals surface area contributed by atoms with E-state index in [2.05, 4.69) is 0 Å². The van der Waals surface area contributed by atoms with E-state index in [1.54, 1.807) is 4.90 Å². The molecule has 1 saturated heterocycles. The van der Waals surface area contributed by atoms with Crippen molar-refractivity contribution in [2.24, 2.45) is 0 Å². The largest absolute Gasteiger partial charge is 0.507 e. The first-order valence-corrected chi connectivity index (χ1v) is 13.8. The number of carbonyl (C=O) groups is 1. The van der Waals surface area contributed by atoms with Gasteiger partial charge in [0.05, 0.1) is 6.54 Å². The molecule has 5 aromatic rings. The van der Waals surface area contributed by atoms with Crippen molar-refractivity contribution in [3.63, 3.8) is 0 Å². The summed E-state index contributed by atoms with van der Waals surface area (Å²) in [5.41, 5.74) is 1.71. The van der Waals surface area contributed by atoms with Gasteiger partial charge in [0.2, 0.25) is 5.75 Å². The maximum Gasteiger partial charge on any atom is 0.410 e. The number of likely N-dealkylation sites (tertiary alicyclic amines) is 1. The number of fused-ring (bicyclic) bond motifs is 1. The lowest BCUT2D eigenvalue weighted by Crippen LogP contribution is -2.31. The second-order valence-electron chi connectivity index (χ2n) is 10.2. The molecule has 43 heavy (non-hydrogen) atoms. The van der Waals surface area contributed by atoms with Crippen molar-refractivity contribution >= 4 is 17.1 Å². The SMILES string of the molecule is O=C(OCc1ccccc1)N1CCC(Oc2c(OCc3ccccc3)cc(O)c3c(=O)cc(-c4ccc(F)cc4)oc23)C1. The van der Waals surface area contributed by atoms with E-state index in [1.165, 1.54) is 36.4 Å². The van der Waals surface area contributed by atoms with Gasteiger partial charge in [-0.25, -0.2) is 9.18 Å². The second-order valence-corrected chi connectivity index (χ2v) is 10.2. The van der Waals surface area contributed by atoms with Crippen LogP contribution in [0.1, 0.15) is 17.5 Å². The van der Waals surface area contributed by atoms with Gasteiger partial charge in [0.25, 0.3) is 0 Å². The molecular formula is C34H28FNO7. The Balaban J connectivity index is 1.31. The molecule has 0 saturated carbocycles. The van der Waals surface area contributed by atoms with Gasteiger partial charge in [0.1, 0.15) is 42.0 Å². The maximum atomic E-state index is 13.6. The molecule has 9 heteroatoms. The lowest BCUT2D eigenvalue weighted by atomic mass is 10.1. The molecule has 0 spiro atoms. The van der Waals surface area contributed by atoms with Crippen molar-refractivity contribution in [3.8, 4) is 28.6 Å². The highest BCUT2D eigenvalue weighted by molar-refractivity contribution is 5.91. The molecule has 0 radical (unpaired) electrons. The Morgan fingerprint density at radius 1 is 0.930 bits per heavy atom. The minimum atomic E-state index is -0.505. The summed E-state index contributed by atoms with van der Waals surface area (Å²) in [6.45, 7) is 0.945. The summed E-state index contributed by atoms with van der Waals surface area (Å²) in [4.78, 5) is 27.5. The molecule has 1 aliphatic rings. The molecule has 1 unspecified atom stereocenters. The Labute approximate surface area is 246 Å². The molecule has 0 aliphatic carbocycles. The van der Waals surface area contributed by atoms with E-state index in [9.17, 15) is 19.1 Å². The third kappa shape index (κ3) is 6.30. The molecule has 1 atom stereocenters. The van der Waals surface area contributed by atoms with Crippen LogP contribution in [0.5, 0.6) is 17.2 Å². The Kier molecular flexibility index (Phi) is 7.95. The smallest absolute Gasteiger partial charge is 0.410 e. The maximum absolute atomic E-state index is 13.6. The van der Waals surface area contributed by atoms with Crippen molar-refractivity contribution in [3.05, 3.63) is 124 Å². The van der Waals surface area contributed by atoms with Gasteiger partial charge in [-0.15, -0.1) is 0 Å². The highest BCUT2D eigenvalue weighted by Gasteiger charge is 2.31. The highest BCUT2D eigenvalue weighted by Crippen LogP contribution is 2.42. The van der Waals surface area contributed by atoms with Crippen molar-refractivity contribution < 1.29 is 32.9 Å². The Morgan fingerprint density at radius 2 is 1.60 bits per heavy atom. The van der Waals surface area contributed by atoms with Gasteiger partial charge < -0.3 is 28.6 Å². The molecule has 0 bridgehead atoms. The first-order chi connectivity index (χ1) is 20.9. The van der Waals surface area contributed by atoms with Crippen LogP contribution >= 0.6 is 0 Å². The van der Waals surface area contributed by atoms with Gasteiger partial charge in [-0.2, -0.15) is 0 Å². The molecule has 6 rings (SSSR count). The Hall–Kier alpha value is -5.31. The van der Waals surface area contributed by atoms with E-state index in [0.717, 1.165) is 11.1 Å². The van der Waals surface area contributed by atoms with Crippen LogP contribution in [-0.2, 0) is 18.0 Å². The minimum absolute atomic E-state index is 0.0139. The average molecular weight is 582 g/mol. The molecule has 2 heterocycles. The number of hydrogen-bond acceptors (Lipinski definition) is 7. The Bertz CT molecular complexity index is 1790. The third-order valence-corrected chi connectivity index (χ3v) is 7.16. The van der Waals surface area contributed by atoms with Gasteiger partial charge >= 0.3 is 6.09 Å². The highest BCUT2D eigenvalue weighted by atomic mass is 19.1. The number of benzene rings is 4. The van der Waals surface area contributed by atoms with Crippen LogP contribution in [0, 0.1) is 5.82 Å². The van der Waals surface area contributed by atoms with E-state index in [4.69, 9.17) is 18.6 Å². The molecule has 1 amide bonds. The van der Waals surface area contributed by atoms with Crippen molar-refractivity contribution in [2.75, 3.05) is 13.1 Å². The normalized spacial score (nSPS) is 14.5. The van der Waals surface area contributed by atoms with E-state index < -0.39 is 23.4 Å². The second kappa shape index (κ2) is 12.3. The number of rotatable bonds is 8. The predicted molar refractivity (Wildman–Crippen MR) is 158 cm³/mol. The number of ether oxygens (including phenoxy) is 3. The zero-order valence-corrected chi connectivity index (χ0v) is 23.1.